The van der Waals surface area contributed by atoms with Gasteiger partial charge in [0.1, 0.15) is 24.1 Å². The fraction of sp³-hybridized carbons (Fsp3) is 0.0500. The predicted octanol–water partition coefficient (Wildman–Crippen LogP) is 3.38. The summed E-state index contributed by atoms with van der Waals surface area (Å²) in [7, 11) is 0. The van der Waals surface area contributed by atoms with Gasteiger partial charge in [-0.2, -0.15) is 15.6 Å². The zero-order chi connectivity index (χ0) is 18.5. The minimum atomic E-state index is 0.246. The van der Waals surface area contributed by atoms with Crippen LogP contribution in [0.5, 0.6) is 5.75 Å². The second kappa shape index (κ2) is 7.45. The Morgan fingerprint density at radius 2 is 1.81 bits per heavy atom. The van der Waals surface area contributed by atoms with Crippen LogP contribution in [0.25, 0.3) is 22.6 Å². The lowest BCUT2D eigenvalue weighted by Crippen LogP contribution is -2.00. The molecule has 0 saturated carbocycles. The average Bonchev–Trinajstić information content (AvgIpc) is 3.22. The number of ether oxygens (including phenoxy) is 1. The number of nitrogens with one attached hydrogen (secondary N) is 1. The van der Waals surface area contributed by atoms with E-state index in [2.05, 4.69) is 25.4 Å². The van der Waals surface area contributed by atoms with Crippen molar-refractivity contribution in [3.05, 3.63) is 78.2 Å². The fourth-order valence-corrected chi connectivity index (χ4v) is 2.60. The minimum Gasteiger partial charge on any atom is -0.487 e. The third-order valence-electron chi connectivity index (χ3n) is 3.89. The number of hydrogen-bond acceptors (Lipinski definition) is 6. The van der Waals surface area contributed by atoms with Gasteiger partial charge in [-0.3, -0.25) is 0 Å². The lowest BCUT2D eigenvalue weighted by molar-refractivity contribution is 0.301. The second-order valence-corrected chi connectivity index (χ2v) is 5.69. The molecule has 0 unspecified atom stereocenters. The van der Waals surface area contributed by atoms with Crippen LogP contribution < -0.4 is 4.74 Å². The van der Waals surface area contributed by atoms with Gasteiger partial charge >= 0.3 is 0 Å². The van der Waals surface area contributed by atoms with Crippen LogP contribution in [0.1, 0.15) is 11.4 Å². The highest BCUT2D eigenvalue weighted by Gasteiger charge is 2.10. The molecule has 27 heavy (non-hydrogen) atoms. The van der Waals surface area contributed by atoms with Crippen molar-refractivity contribution in [2.75, 3.05) is 0 Å². The molecule has 0 aliphatic carbocycles. The highest BCUT2D eigenvalue weighted by molar-refractivity contribution is 5.65. The molecule has 4 rings (SSSR count). The van der Waals surface area contributed by atoms with Gasteiger partial charge in [-0.25, -0.2) is 9.97 Å². The molecule has 0 aliphatic heterocycles. The van der Waals surface area contributed by atoms with Crippen molar-refractivity contribution in [2.24, 2.45) is 0 Å². The standard InChI is InChI=1S/C20H14N6O/c21-12-18-19(25-26-24-18)15-7-4-8-17(11-15)27-13-16-9-10-22-20(23-16)14-5-2-1-3-6-14/h1-11H,13H2,(H,24,25,26). The Kier molecular flexibility index (Phi) is 4.53. The van der Waals surface area contributed by atoms with Crippen LogP contribution in [0.15, 0.2) is 66.9 Å². The van der Waals surface area contributed by atoms with Crippen LogP contribution in [0, 0.1) is 11.3 Å². The lowest BCUT2D eigenvalue weighted by Gasteiger charge is -2.08. The van der Waals surface area contributed by atoms with Crippen molar-refractivity contribution >= 4 is 0 Å². The average molecular weight is 354 g/mol. The van der Waals surface area contributed by atoms with E-state index in [1.807, 2.05) is 66.7 Å². The predicted molar refractivity (Wildman–Crippen MR) is 98.3 cm³/mol. The molecule has 0 radical (unpaired) electrons. The highest BCUT2D eigenvalue weighted by atomic mass is 16.5. The zero-order valence-corrected chi connectivity index (χ0v) is 14.2. The van der Waals surface area contributed by atoms with Gasteiger partial charge in [-0.15, -0.1) is 5.10 Å². The first-order valence-corrected chi connectivity index (χ1v) is 8.25. The Morgan fingerprint density at radius 1 is 0.963 bits per heavy atom. The number of nitrogens with zero attached hydrogens (tertiary/aromatic N) is 5. The number of H-pyrrole nitrogens is 1. The molecule has 2 aromatic carbocycles. The Morgan fingerprint density at radius 3 is 2.67 bits per heavy atom. The maximum Gasteiger partial charge on any atom is 0.190 e. The molecule has 0 bridgehead atoms. The first-order valence-electron chi connectivity index (χ1n) is 8.25. The van der Waals surface area contributed by atoms with Gasteiger partial charge in [0.15, 0.2) is 11.5 Å². The van der Waals surface area contributed by atoms with E-state index < -0.39 is 0 Å². The van der Waals surface area contributed by atoms with E-state index in [1.165, 1.54) is 0 Å². The smallest absolute Gasteiger partial charge is 0.190 e. The summed E-state index contributed by atoms with van der Waals surface area (Å²) in [6.45, 7) is 0.301. The number of hydrogen-bond donors (Lipinski definition) is 1. The zero-order valence-electron chi connectivity index (χ0n) is 14.2. The summed E-state index contributed by atoms with van der Waals surface area (Å²) in [4.78, 5) is 8.87. The van der Waals surface area contributed by atoms with E-state index in [4.69, 9.17) is 10.00 Å². The normalized spacial score (nSPS) is 10.3. The molecule has 0 saturated heterocycles. The molecule has 1 N–H and O–H groups in total. The van der Waals surface area contributed by atoms with E-state index in [0.717, 1.165) is 16.8 Å². The van der Waals surface area contributed by atoms with Crippen LogP contribution in [0.2, 0.25) is 0 Å². The van der Waals surface area contributed by atoms with E-state index in [9.17, 15) is 0 Å². The van der Waals surface area contributed by atoms with Crippen LogP contribution in [0.3, 0.4) is 0 Å². The van der Waals surface area contributed by atoms with Crippen molar-refractivity contribution in [1.29, 1.82) is 5.26 Å². The van der Waals surface area contributed by atoms with Crippen LogP contribution in [-0.4, -0.2) is 25.4 Å². The second-order valence-electron chi connectivity index (χ2n) is 5.69. The number of nitriles is 1. The Balaban J connectivity index is 1.51. The third-order valence-corrected chi connectivity index (χ3v) is 3.89. The maximum atomic E-state index is 9.09. The molecule has 0 spiro atoms. The van der Waals surface area contributed by atoms with Crippen molar-refractivity contribution in [2.45, 2.75) is 6.61 Å². The minimum absolute atomic E-state index is 0.246. The molecule has 2 aromatic heterocycles. The van der Waals surface area contributed by atoms with Gasteiger partial charge < -0.3 is 4.74 Å². The van der Waals surface area contributed by atoms with E-state index in [1.54, 1.807) is 6.20 Å². The number of benzene rings is 2. The van der Waals surface area contributed by atoms with Gasteiger partial charge in [0, 0.05) is 17.3 Å². The summed E-state index contributed by atoms with van der Waals surface area (Å²) in [6, 6.07) is 21.0. The molecule has 4 aromatic rings. The molecule has 0 aliphatic rings. The first-order chi connectivity index (χ1) is 13.3. The molecule has 2 heterocycles. The van der Waals surface area contributed by atoms with E-state index >= 15 is 0 Å². The molecular weight excluding hydrogens is 340 g/mol. The van der Waals surface area contributed by atoms with Crippen molar-refractivity contribution < 1.29 is 4.74 Å². The summed E-state index contributed by atoms with van der Waals surface area (Å²) >= 11 is 0. The van der Waals surface area contributed by atoms with Gasteiger partial charge in [0.25, 0.3) is 0 Å². The molecule has 0 amide bonds. The quantitative estimate of drug-likeness (QED) is 0.590. The summed E-state index contributed by atoms with van der Waals surface area (Å²) in [5.41, 5.74) is 3.22. The Hall–Kier alpha value is -4.05. The Bertz CT molecular complexity index is 1100. The Labute approximate surface area is 155 Å². The van der Waals surface area contributed by atoms with E-state index in [-0.39, 0.29) is 5.69 Å². The van der Waals surface area contributed by atoms with Crippen molar-refractivity contribution in [1.82, 2.24) is 25.4 Å². The molecule has 7 heteroatoms. The monoisotopic (exact) mass is 354 g/mol. The van der Waals surface area contributed by atoms with Gasteiger partial charge in [-0.1, -0.05) is 42.5 Å². The number of aromatic amines is 1. The molecule has 130 valence electrons. The lowest BCUT2D eigenvalue weighted by atomic mass is 10.1. The van der Waals surface area contributed by atoms with Crippen LogP contribution >= 0.6 is 0 Å². The summed E-state index contributed by atoms with van der Waals surface area (Å²) in [6.07, 6.45) is 1.72. The van der Waals surface area contributed by atoms with Crippen LogP contribution in [-0.2, 0) is 6.61 Å². The number of rotatable bonds is 5. The van der Waals surface area contributed by atoms with Crippen molar-refractivity contribution in [3.8, 4) is 34.5 Å². The molecule has 0 atom stereocenters. The topological polar surface area (TPSA) is 100 Å². The number of aromatic nitrogens is 5. The largest absolute Gasteiger partial charge is 0.487 e. The summed E-state index contributed by atoms with van der Waals surface area (Å²) < 4.78 is 5.86. The van der Waals surface area contributed by atoms with Gasteiger partial charge in [0.2, 0.25) is 0 Å². The van der Waals surface area contributed by atoms with Gasteiger partial charge in [-0.05, 0) is 18.2 Å². The van der Waals surface area contributed by atoms with E-state index in [0.29, 0.717) is 23.9 Å². The molecular formula is C20H14N6O. The SMILES string of the molecule is N#Cc1n[nH]nc1-c1cccc(OCc2ccnc(-c3ccccc3)n2)c1. The summed E-state index contributed by atoms with van der Waals surface area (Å²) in [5, 5.41) is 19.4. The van der Waals surface area contributed by atoms with Crippen molar-refractivity contribution in [3.63, 3.8) is 0 Å². The molecule has 7 nitrogen and oxygen atoms in total. The summed E-state index contributed by atoms with van der Waals surface area (Å²) in [5.74, 6) is 1.31. The maximum absolute atomic E-state index is 9.09. The first kappa shape index (κ1) is 16.4. The third kappa shape index (κ3) is 3.65. The molecule has 0 fully saturated rings. The van der Waals surface area contributed by atoms with Crippen LogP contribution in [0.4, 0.5) is 0 Å². The van der Waals surface area contributed by atoms with Gasteiger partial charge in [0.05, 0.1) is 5.69 Å². The fourth-order valence-electron chi connectivity index (χ4n) is 2.60. The highest BCUT2D eigenvalue weighted by Crippen LogP contribution is 2.24.